The van der Waals surface area contributed by atoms with Gasteiger partial charge in [-0.3, -0.25) is 9.78 Å². The molecule has 5 rings (SSSR count). The van der Waals surface area contributed by atoms with E-state index in [9.17, 15) is 9.18 Å². The van der Waals surface area contributed by atoms with Crippen LogP contribution in [0.1, 0.15) is 28.2 Å². The highest BCUT2D eigenvalue weighted by Crippen LogP contribution is 2.30. The molecule has 2 aliphatic heterocycles. The number of carbonyl (C=O) groups excluding carboxylic acids is 1. The van der Waals surface area contributed by atoms with Crippen LogP contribution >= 0.6 is 0 Å². The fourth-order valence-corrected chi connectivity index (χ4v) is 3.90. The first-order valence-electron chi connectivity index (χ1n) is 9.27. The standard InChI is InChI=1S/C20H19FN6O/c1-13-19-17(12-26(20(19)28)15-3-2-7-22-9-15)24-27(13)16-4-5-18(23-10-16)25-8-6-14(21)11-25/h2-5,7,9-10,14H,6,8,11-12H2,1H3/t14-/m0/s1. The number of carbonyl (C=O) groups is 1. The van der Waals surface area contributed by atoms with Gasteiger partial charge in [0.2, 0.25) is 0 Å². The molecule has 0 saturated carbocycles. The van der Waals surface area contributed by atoms with Gasteiger partial charge in [0.1, 0.15) is 12.0 Å². The van der Waals surface area contributed by atoms with Gasteiger partial charge in [-0.25, -0.2) is 14.1 Å². The molecule has 1 amide bonds. The smallest absolute Gasteiger partial charge is 0.262 e. The summed E-state index contributed by atoms with van der Waals surface area (Å²) in [5.41, 5.74) is 3.71. The van der Waals surface area contributed by atoms with Crippen LogP contribution in [0.2, 0.25) is 0 Å². The third-order valence-electron chi connectivity index (χ3n) is 5.34. The number of rotatable bonds is 3. The molecule has 1 fully saturated rings. The van der Waals surface area contributed by atoms with Gasteiger partial charge in [-0.15, -0.1) is 0 Å². The predicted octanol–water partition coefficient (Wildman–Crippen LogP) is 2.68. The number of hydrogen-bond acceptors (Lipinski definition) is 5. The van der Waals surface area contributed by atoms with Crippen molar-refractivity contribution in [3.05, 3.63) is 59.8 Å². The van der Waals surface area contributed by atoms with Crippen molar-refractivity contribution in [1.82, 2.24) is 19.7 Å². The molecule has 0 N–H and O–H groups in total. The molecule has 5 heterocycles. The largest absolute Gasteiger partial charge is 0.354 e. The summed E-state index contributed by atoms with van der Waals surface area (Å²) in [6.45, 7) is 3.38. The summed E-state index contributed by atoms with van der Waals surface area (Å²) in [5.74, 6) is 0.697. The lowest BCUT2D eigenvalue weighted by Crippen LogP contribution is -2.24. The topological polar surface area (TPSA) is 67.2 Å². The second kappa shape index (κ2) is 6.40. The van der Waals surface area contributed by atoms with Crippen LogP contribution in [0.3, 0.4) is 0 Å². The Balaban J connectivity index is 1.42. The third-order valence-corrected chi connectivity index (χ3v) is 5.34. The van der Waals surface area contributed by atoms with Crippen molar-refractivity contribution < 1.29 is 9.18 Å². The predicted molar refractivity (Wildman–Crippen MR) is 103 cm³/mol. The molecule has 2 aliphatic rings. The normalized spacial score (nSPS) is 18.8. The summed E-state index contributed by atoms with van der Waals surface area (Å²) in [5, 5.41) is 4.65. The molecule has 0 radical (unpaired) electrons. The van der Waals surface area contributed by atoms with Crippen LogP contribution in [-0.4, -0.2) is 44.9 Å². The van der Waals surface area contributed by atoms with Gasteiger partial charge in [-0.1, -0.05) is 0 Å². The Labute approximate surface area is 161 Å². The van der Waals surface area contributed by atoms with Crippen LogP contribution in [0, 0.1) is 6.92 Å². The quantitative estimate of drug-likeness (QED) is 0.701. The molecule has 28 heavy (non-hydrogen) atoms. The minimum absolute atomic E-state index is 0.0672. The van der Waals surface area contributed by atoms with Crippen molar-refractivity contribution in [3.8, 4) is 5.69 Å². The lowest BCUT2D eigenvalue weighted by molar-refractivity contribution is 0.0995. The number of alkyl halides is 1. The summed E-state index contributed by atoms with van der Waals surface area (Å²) in [7, 11) is 0. The number of pyridine rings is 2. The summed E-state index contributed by atoms with van der Waals surface area (Å²) in [6, 6.07) is 7.46. The molecule has 3 aromatic rings. The van der Waals surface area contributed by atoms with Gasteiger partial charge in [0.25, 0.3) is 5.91 Å². The number of amides is 1. The first-order valence-corrected chi connectivity index (χ1v) is 9.27. The number of nitrogens with zero attached hydrogens (tertiary/aromatic N) is 6. The SMILES string of the molecule is Cc1c2c(nn1-c1ccc(N3CC[C@H](F)C3)nc1)CN(c1cccnc1)C2=O. The first kappa shape index (κ1) is 16.9. The van der Waals surface area contributed by atoms with E-state index >= 15 is 0 Å². The van der Waals surface area contributed by atoms with Gasteiger partial charge < -0.3 is 9.80 Å². The second-order valence-corrected chi connectivity index (χ2v) is 7.13. The average Bonchev–Trinajstić information content (AvgIpc) is 3.39. The van der Waals surface area contributed by atoms with Crippen LogP contribution < -0.4 is 9.80 Å². The Morgan fingerprint density at radius 1 is 1.18 bits per heavy atom. The Morgan fingerprint density at radius 2 is 2.07 bits per heavy atom. The molecule has 0 spiro atoms. The van der Waals surface area contributed by atoms with Crippen molar-refractivity contribution in [3.63, 3.8) is 0 Å². The van der Waals surface area contributed by atoms with Crippen molar-refractivity contribution in [1.29, 1.82) is 0 Å². The van der Waals surface area contributed by atoms with Crippen LogP contribution in [0.5, 0.6) is 0 Å². The lowest BCUT2D eigenvalue weighted by atomic mass is 10.2. The number of fused-ring (bicyclic) bond motifs is 1. The lowest BCUT2D eigenvalue weighted by Gasteiger charge is -2.17. The highest BCUT2D eigenvalue weighted by molar-refractivity contribution is 6.10. The minimum Gasteiger partial charge on any atom is -0.354 e. The van der Waals surface area contributed by atoms with Crippen LogP contribution in [-0.2, 0) is 6.54 Å². The second-order valence-electron chi connectivity index (χ2n) is 7.13. The van der Waals surface area contributed by atoms with Crippen molar-refractivity contribution in [2.75, 3.05) is 22.9 Å². The number of aromatic nitrogens is 4. The molecular formula is C20H19FN6O. The van der Waals surface area contributed by atoms with Crippen molar-refractivity contribution >= 4 is 17.4 Å². The van der Waals surface area contributed by atoms with E-state index in [1.54, 1.807) is 28.2 Å². The van der Waals surface area contributed by atoms with Gasteiger partial charge in [-0.2, -0.15) is 5.10 Å². The van der Waals surface area contributed by atoms with E-state index in [-0.39, 0.29) is 5.91 Å². The molecule has 142 valence electrons. The average molecular weight is 378 g/mol. The van der Waals surface area contributed by atoms with Gasteiger partial charge in [0.15, 0.2) is 0 Å². The minimum atomic E-state index is -0.786. The maximum atomic E-state index is 13.4. The Bertz CT molecular complexity index is 1030. The van der Waals surface area contributed by atoms with Gasteiger partial charge >= 0.3 is 0 Å². The molecule has 8 heteroatoms. The van der Waals surface area contributed by atoms with Gasteiger partial charge in [-0.05, 0) is 37.6 Å². The van der Waals surface area contributed by atoms with E-state index in [0.717, 1.165) is 28.6 Å². The maximum absolute atomic E-state index is 13.4. The summed E-state index contributed by atoms with van der Waals surface area (Å²) < 4.78 is 15.2. The van der Waals surface area contributed by atoms with Crippen LogP contribution in [0.25, 0.3) is 5.69 Å². The van der Waals surface area contributed by atoms with E-state index in [2.05, 4.69) is 15.1 Å². The van der Waals surface area contributed by atoms with E-state index in [1.165, 1.54) is 0 Å². The zero-order valence-electron chi connectivity index (χ0n) is 15.4. The Kier molecular flexibility index (Phi) is 3.85. The highest BCUT2D eigenvalue weighted by atomic mass is 19.1. The van der Waals surface area contributed by atoms with E-state index < -0.39 is 6.17 Å². The molecule has 1 saturated heterocycles. The van der Waals surface area contributed by atoms with E-state index in [1.807, 2.05) is 36.1 Å². The molecule has 0 aliphatic carbocycles. The Hall–Kier alpha value is -3.29. The zero-order valence-corrected chi connectivity index (χ0v) is 15.4. The zero-order chi connectivity index (χ0) is 19.3. The summed E-state index contributed by atoms with van der Waals surface area (Å²) >= 11 is 0. The summed E-state index contributed by atoms with van der Waals surface area (Å²) in [4.78, 5) is 25.1. The monoisotopic (exact) mass is 378 g/mol. The van der Waals surface area contributed by atoms with Crippen molar-refractivity contribution in [2.45, 2.75) is 26.1 Å². The van der Waals surface area contributed by atoms with E-state index in [4.69, 9.17) is 0 Å². The summed E-state index contributed by atoms with van der Waals surface area (Å²) in [6.07, 6.45) is 4.84. The molecule has 0 unspecified atom stereocenters. The number of hydrogen-bond donors (Lipinski definition) is 0. The number of anilines is 2. The molecular weight excluding hydrogens is 359 g/mol. The third kappa shape index (κ3) is 2.64. The van der Waals surface area contributed by atoms with Gasteiger partial charge in [0.05, 0.1) is 53.8 Å². The fraction of sp³-hybridized carbons (Fsp3) is 0.300. The first-order chi connectivity index (χ1) is 13.6. The highest BCUT2D eigenvalue weighted by Gasteiger charge is 2.34. The van der Waals surface area contributed by atoms with Crippen molar-refractivity contribution in [2.24, 2.45) is 0 Å². The van der Waals surface area contributed by atoms with Crippen LogP contribution in [0.4, 0.5) is 15.9 Å². The van der Waals surface area contributed by atoms with E-state index in [0.29, 0.717) is 31.6 Å². The van der Waals surface area contributed by atoms with Gasteiger partial charge in [0, 0.05) is 12.7 Å². The maximum Gasteiger partial charge on any atom is 0.262 e. The number of halogens is 1. The molecule has 3 aromatic heterocycles. The molecule has 0 aromatic carbocycles. The van der Waals surface area contributed by atoms with Crippen LogP contribution in [0.15, 0.2) is 42.9 Å². The molecule has 7 nitrogen and oxygen atoms in total. The fourth-order valence-electron chi connectivity index (χ4n) is 3.90. The molecule has 0 bridgehead atoms. The Morgan fingerprint density at radius 3 is 2.71 bits per heavy atom. The molecule has 1 atom stereocenters.